The highest BCUT2D eigenvalue weighted by Gasteiger charge is 2.14. The molecule has 26 heavy (non-hydrogen) atoms. The van der Waals surface area contributed by atoms with E-state index in [0.717, 1.165) is 15.9 Å². The average Bonchev–Trinajstić information content (AvgIpc) is 3.06. The molecule has 0 saturated heterocycles. The van der Waals surface area contributed by atoms with Crippen molar-refractivity contribution >= 4 is 16.9 Å². The summed E-state index contributed by atoms with van der Waals surface area (Å²) in [6, 6.07) is 9.04. The summed E-state index contributed by atoms with van der Waals surface area (Å²) in [7, 11) is 4.60. The summed E-state index contributed by atoms with van der Waals surface area (Å²) < 4.78 is 9.17. The molecule has 2 heterocycles. The van der Waals surface area contributed by atoms with E-state index in [2.05, 4.69) is 5.32 Å². The zero-order valence-electron chi connectivity index (χ0n) is 14.9. The molecule has 3 rings (SSSR count). The number of hydrogen-bond acceptors (Lipinski definition) is 4. The quantitative estimate of drug-likeness (QED) is 0.715. The van der Waals surface area contributed by atoms with E-state index in [1.54, 1.807) is 31.0 Å². The maximum atomic E-state index is 12.3. The first-order chi connectivity index (χ1) is 12.4. The number of methoxy groups -OCH3 is 1. The Morgan fingerprint density at radius 1 is 1.15 bits per heavy atom. The number of benzene rings is 1. The maximum absolute atomic E-state index is 12.3. The molecular formula is C18H20N4O4. The van der Waals surface area contributed by atoms with Gasteiger partial charge in [-0.25, -0.2) is 4.79 Å². The third kappa shape index (κ3) is 3.13. The van der Waals surface area contributed by atoms with Crippen molar-refractivity contribution in [2.75, 3.05) is 7.11 Å². The van der Waals surface area contributed by atoms with Crippen LogP contribution in [0.3, 0.4) is 0 Å². The van der Waals surface area contributed by atoms with Crippen molar-refractivity contribution in [3.8, 4) is 5.75 Å². The highest BCUT2D eigenvalue weighted by Crippen LogP contribution is 2.12. The average molecular weight is 356 g/mol. The lowest BCUT2D eigenvalue weighted by molar-refractivity contribution is -0.121. The molecule has 0 fully saturated rings. The lowest BCUT2D eigenvalue weighted by atomic mass is 10.2. The Morgan fingerprint density at radius 3 is 2.65 bits per heavy atom. The first-order valence-corrected chi connectivity index (χ1v) is 8.07. The third-order valence-electron chi connectivity index (χ3n) is 4.30. The molecule has 8 heteroatoms. The summed E-state index contributed by atoms with van der Waals surface area (Å²) >= 11 is 0. The number of carbonyl (C=O) groups excluding carboxylic acids is 1. The fourth-order valence-corrected chi connectivity index (χ4v) is 2.91. The van der Waals surface area contributed by atoms with E-state index < -0.39 is 5.69 Å². The van der Waals surface area contributed by atoms with Gasteiger partial charge in [-0.05, 0) is 23.8 Å². The van der Waals surface area contributed by atoms with E-state index in [9.17, 15) is 14.4 Å². The maximum Gasteiger partial charge on any atom is 0.332 e. The van der Waals surface area contributed by atoms with Crippen LogP contribution in [0.25, 0.3) is 11.0 Å². The molecule has 0 saturated carbocycles. The molecule has 0 spiro atoms. The zero-order valence-corrected chi connectivity index (χ0v) is 14.9. The first kappa shape index (κ1) is 17.5. The summed E-state index contributed by atoms with van der Waals surface area (Å²) in [5.41, 5.74) is 0.531. The molecule has 0 radical (unpaired) electrons. The lowest BCUT2D eigenvalue weighted by Crippen LogP contribution is -2.37. The van der Waals surface area contributed by atoms with Crippen LogP contribution in [0.4, 0.5) is 0 Å². The summed E-state index contributed by atoms with van der Waals surface area (Å²) in [6.07, 6.45) is 1.64. The van der Waals surface area contributed by atoms with Gasteiger partial charge in [0.1, 0.15) is 17.9 Å². The second-order valence-electron chi connectivity index (χ2n) is 6.01. The van der Waals surface area contributed by atoms with Crippen molar-refractivity contribution in [3.05, 3.63) is 62.9 Å². The number of amides is 1. The van der Waals surface area contributed by atoms with Crippen LogP contribution in [0, 0.1) is 0 Å². The first-order valence-electron chi connectivity index (χ1n) is 8.07. The topological polar surface area (TPSA) is 87.3 Å². The number of rotatable bonds is 5. The normalized spacial score (nSPS) is 10.9. The number of nitrogens with one attached hydrogen (secondary N) is 1. The standard InChI is InChI=1S/C18H20N4O4/c1-20-16-14(17(24)21(2)18(20)25)7-8-22(16)11-15(23)19-10-12-5-4-6-13(9-12)26-3/h4-9H,10-11H2,1-3H3,(H,19,23). The van der Waals surface area contributed by atoms with Crippen LogP contribution in [0.2, 0.25) is 0 Å². The number of carbonyl (C=O) groups is 1. The zero-order chi connectivity index (χ0) is 18.8. The highest BCUT2D eigenvalue weighted by molar-refractivity contribution is 5.80. The summed E-state index contributed by atoms with van der Waals surface area (Å²) in [5, 5.41) is 3.23. The molecule has 1 amide bonds. The van der Waals surface area contributed by atoms with Crippen LogP contribution in [0.5, 0.6) is 5.75 Å². The molecule has 136 valence electrons. The third-order valence-corrected chi connectivity index (χ3v) is 4.30. The molecule has 0 atom stereocenters. The minimum atomic E-state index is -0.431. The molecular weight excluding hydrogens is 336 g/mol. The predicted molar refractivity (Wildman–Crippen MR) is 97.3 cm³/mol. The van der Waals surface area contributed by atoms with Crippen molar-refractivity contribution in [2.24, 2.45) is 14.1 Å². The van der Waals surface area contributed by atoms with Crippen LogP contribution in [-0.2, 0) is 32.0 Å². The monoisotopic (exact) mass is 356 g/mol. The van der Waals surface area contributed by atoms with E-state index in [1.165, 1.54) is 11.6 Å². The van der Waals surface area contributed by atoms with E-state index in [0.29, 0.717) is 17.6 Å². The van der Waals surface area contributed by atoms with Gasteiger partial charge in [0.2, 0.25) is 5.91 Å². The molecule has 0 aliphatic heterocycles. The molecule has 1 N–H and O–H groups in total. The molecule has 2 aromatic heterocycles. The van der Waals surface area contributed by atoms with E-state index in [-0.39, 0.29) is 18.0 Å². The summed E-state index contributed by atoms with van der Waals surface area (Å²) in [6.45, 7) is 0.365. The van der Waals surface area contributed by atoms with Gasteiger partial charge >= 0.3 is 5.69 Å². The Bertz CT molecular complexity index is 1090. The molecule has 8 nitrogen and oxygen atoms in total. The van der Waals surface area contributed by atoms with Gasteiger partial charge in [-0.3, -0.25) is 18.7 Å². The Kier molecular flexibility index (Phi) is 4.66. The van der Waals surface area contributed by atoms with Crippen LogP contribution in [0.1, 0.15) is 5.56 Å². The Balaban J connectivity index is 1.80. The van der Waals surface area contributed by atoms with Crippen LogP contribution in [0.15, 0.2) is 46.1 Å². The molecule has 0 aliphatic rings. The van der Waals surface area contributed by atoms with E-state index >= 15 is 0 Å². The van der Waals surface area contributed by atoms with Gasteiger partial charge in [0, 0.05) is 26.8 Å². The second-order valence-corrected chi connectivity index (χ2v) is 6.01. The molecule has 3 aromatic rings. The van der Waals surface area contributed by atoms with Crippen molar-refractivity contribution in [1.82, 2.24) is 19.0 Å². The summed E-state index contributed by atoms with van der Waals surface area (Å²) in [4.78, 5) is 36.6. The predicted octanol–water partition coefficient (Wildman–Crippen LogP) is 0.364. The van der Waals surface area contributed by atoms with Crippen LogP contribution in [-0.4, -0.2) is 26.7 Å². The van der Waals surface area contributed by atoms with Crippen LogP contribution >= 0.6 is 0 Å². The largest absolute Gasteiger partial charge is 0.497 e. The van der Waals surface area contributed by atoms with Gasteiger partial charge < -0.3 is 14.6 Å². The minimum Gasteiger partial charge on any atom is -0.497 e. The Labute approximate surface area is 149 Å². The van der Waals surface area contributed by atoms with Gasteiger partial charge in [0.05, 0.1) is 12.5 Å². The van der Waals surface area contributed by atoms with Crippen molar-refractivity contribution < 1.29 is 9.53 Å². The SMILES string of the molecule is COc1cccc(CNC(=O)Cn2ccc3c(=O)n(C)c(=O)n(C)c32)c1. The molecule has 0 unspecified atom stereocenters. The smallest absolute Gasteiger partial charge is 0.332 e. The van der Waals surface area contributed by atoms with Gasteiger partial charge in [-0.1, -0.05) is 12.1 Å². The Morgan fingerprint density at radius 2 is 1.92 bits per heavy atom. The Hall–Kier alpha value is -3.29. The number of nitrogens with zero attached hydrogens (tertiary/aromatic N) is 3. The van der Waals surface area contributed by atoms with Gasteiger partial charge in [-0.15, -0.1) is 0 Å². The van der Waals surface area contributed by atoms with Gasteiger partial charge in [0.25, 0.3) is 5.56 Å². The lowest BCUT2D eigenvalue weighted by Gasteiger charge is -2.11. The van der Waals surface area contributed by atoms with Crippen molar-refractivity contribution in [1.29, 1.82) is 0 Å². The fraction of sp³-hybridized carbons (Fsp3) is 0.278. The molecule has 1 aromatic carbocycles. The highest BCUT2D eigenvalue weighted by atomic mass is 16.5. The van der Waals surface area contributed by atoms with Gasteiger partial charge in [-0.2, -0.15) is 0 Å². The summed E-state index contributed by atoms with van der Waals surface area (Å²) in [5.74, 6) is 0.498. The number of ether oxygens (including phenoxy) is 1. The van der Waals surface area contributed by atoms with Crippen LogP contribution < -0.4 is 21.3 Å². The second kappa shape index (κ2) is 6.91. The molecule has 0 bridgehead atoms. The number of aromatic nitrogens is 3. The molecule has 0 aliphatic carbocycles. The number of fused-ring (bicyclic) bond motifs is 1. The van der Waals surface area contributed by atoms with E-state index in [1.807, 2.05) is 24.3 Å². The minimum absolute atomic E-state index is 0.00785. The van der Waals surface area contributed by atoms with E-state index in [4.69, 9.17) is 4.74 Å². The fourth-order valence-electron chi connectivity index (χ4n) is 2.91. The van der Waals surface area contributed by atoms with Gasteiger partial charge in [0.15, 0.2) is 0 Å². The number of hydrogen-bond donors (Lipinski definition) is 1. The van der Waals surface area contributed by atoms with Crippen molar-refractivity contribution in [3.63, 3.8) is 0 Å². The van der Waals surface area contributed by atoms with Crippen molar-refractivity contribution in [2.45, 2.75) is 13.1 Å². The number of aryl methyl sites for hydroxylation is 1.